The lowest BCUT2D eigenvalue weighted by molar-refractivity contribution is 0.00688. The highest BCUT2D eigenvalue weighted by atomic mass is 16.5. The number of benzene rings is 1. The van der Waals surface area contributed by atoms with Crippen LogP contribution in [0.25, 0.3) is 0 Å². The maximum absolute atomic E-state index is 9.99. The highest BCUT2D eigenvalue weighted by Crippen LogP contribution is 2.26. The zero-order chi connectivity index (χ0) is 16.2. The van der Waals surface area contributed by atoms with E-state index in [1.807, 2.05) is 37.4 Å². The van der Waals surface area contributed by atoms with Crippen molar-refractivity contribution in [2.24, 2.45) is 0 Å². The van der Waals surface area contributed by atoms with Gasteiger partial charge >= 0.3 is 0 Å². The predicted octanol–water partition coefficient (Wildman–Crippen LogP) is 3.57. The second kappa shape index (κ2) is 7.04. The van der Waals surface area contributed by atoms with Crippen molar-refractivity contribution in [1.29, 1.82) is 0 Å². The van der Waals surface area contributed by atoms with Gasteiger partial charge < -0.3 is 15.2 Å². The normalized spacial score (nSPS) is 22.6. The maximum Gasteiger partial charge on any atom is 0.124 e. The van der Waals surface area contributed by atoms with Crippen LogP contribution in [0.4, 0.5) is 5.69 Å². The van der Waals surface area contributed by atoms with Gasteiger partial charge in [-0.3, -0.25) is 5.10 Å². The number of aliphatic hydroxyl groups is 1. The van der Waals surface area contributed by atoms with Crippen molar-refractivity contribution in [2.75, 3.05) is 5.32 Å². The summed E-state index contributed by atoms with van der Waals surface area (Å²) in [7, 11) is 0. The quantitative estimate of drug-likeness (QED) is 0.789. The number of aromatic amines is 1. The largest absolute Gasteiger partial charge is 0.488 e. The van der Waals surface area contributed by atoms with Crippen LogP contribution in [-0.4, -0.2) is 27.5 Å². The van der Waals surface area contributed by atoms with E-state index in [0.29, 0.717) is 0 Å². The van der Waals surface area contributed by atoms with Crippen molar-refractivity contribution in [3.05, 3.63) is 41.7 Å². The average molecular weight is 315 g/mol. The molecule has 1 aliphatic carbocycles. The smallest absolute Gasteiger partial charge is 0.124 e. The molecule has 3 unspecified atom stereocenters. The number of aliphatic hydroxyl groups excluding tert-OH is 1. The van der Waals surface area contributed by atoms with Crippen LogP contribution in [0, 0.1) is 6.92 Å². The van der Waals surface area contributed by atoms with Gasteiger partial charge in [-0.1, -0.05) is 6.42 Å². The minimum absolute atomic E-state index is 0.0740. The van der Waals surface area contributed by atoms with Gasteiger partial charge in [0.2, 0.25) is 0 Å². The SMILES string of the molecule is Cc1[nH]ncc1C(C)Nc1ccc(OC2CCCCC2O)cc1. The number of ether oxygens (including phenoxy) is 1. The Morgan fingerprint density at radius 2 is 2.00 bits per heavy atom. The molecule has 3 N–H and O–H groups in total. The van der Waals surface area contributed by atoms with Crippen molar-refractivity contribution >= 4 is 5.69 Å². The van der Waals surface area contributed by atoms with Crippen LogP contribution >= 0.6 is 0 Å². The van der Waals surface area contributed by atoms with Crippen LogP contribution in [0.1, 0.15) is 49.9 Å². The van der Waals surface area contributed by atoms with Gasteiger partial charge in [-0.25, -0.2) is 0 Å². The molecular weight excluding hydrogens is 290 g/mol. The Balaban J connectivity index is 1.59. The Morgan fingerprint density at radius 1 is 1.26 bits per heavy atom. The number of anilines is 1. The van der Waals surface area contributed by atoms with Crippen molar-refractivity contribution in [2.45, 2.75) is 57.8 Å². The second-order valence-corrected chi connectivity index (χ2v) is 6.35. The van der Waals surface area contributed by atoms with Crippen LogP contribution in [0.2, 0.25) is 0 Å². The zero-order valence-corrected chi connectivity index (χ0v) is 13.7. The van der Waals surface area contributed by atoms with E-state index in [4.69, 9.17) is 4.74 Å². The fourth-order valence-electron chi connectivity index (χ4n) is 3.14. The first-order chi connectivity index (χ1) is 11.1. The summed E-state index contributed by atoms with van der Waals surface area (Å²) in [5.41, 5.74) is 3.28. The third-order valence-corrected chi connectivity index (χ3v) is 4.53. The van der Waals surface area contributed by atoms with E-state index in [-0.39, 0.29) is 18.2 Å². The average Bonchev–Trinajstić information content (AvgIpc) is 2.98. The van der Waals surface area contributed by atoms with Crippen LogP contribution in [0.5, 0.6) is 5.75 Å². The van der Waals surface area contributed by atoms with Crippen LogP contribution in [-0.2, 0) is 0 Å². The number of nitrogens with one attached hydrogen (secondary N) is 2. The third-order valence-electron chi connectivity index (χ3n) is 4.53. The summed E-state index contributed by atoms with van der Waals surface area (Å²) < 4.78 is 5.93. The fourth-order valence-corrected chi connectivity index (χ4v) is 3.14. The standard InChI is InChI=1S/C18H25N3O2/c1-12(16-11-19-21-13(16)2)20-14-7-9-15(10-8-14)23-18-6-4-3-5-17(18)22/h7-12,17-18,20,22H,3-6H2,1-2H3,(H,19,21). The summed E-state index contributed by atoms with van der Waals surface area (Å²) in [5.74, 6) is 0.814. The highest BCUT2D eigenvalue weighted by Gasteiger charge is 2.24. The van der Waals surface area contributed by atoms with Crippen molar-refractivity contribution in [1.82, 2.24) is 10.2 Å². The number of aryl methyl sites for hydroxylation is 1. The molecule has 0 bridgehead atoms. The van der Waals surface area contributed by atoms with E-state index in [9.17, 15) is 5.11 Å². The Labute approximate surface area is 137 Å². The van der Waals surface area contributed by atoms with Gasteiger partial charge in [0.05, 0.1) is 18.3 Å². The molecule has 2 aromatic rings. The molecule has 1 aromatic carbocycles. The fraction of sp³-hybridized carbons (Fsp3) is 0.500. The Morgan fingerprint density at radius 3 is 2.65 bits per heavy atom. The Bertz CT molecular complexity index is 623. The number of H-pyrrole nitrogens is 1. The molecule has 1 aliphatic rings. The molecule has 1 fully saturated rings. The van der Waals surface area contributed by atoms with Gasteiger partial charge in [-0.05, 0) is 57.4 Å². The molecule has 23 heavy (non-hydrogen) atoms. The Hall–Kier alpha value is -2.01. The van der Waals surface area contributed by atoms with Crippen LogP contribution < -0.4 is 10.1 Å². The minimum atomic E-state index is -0.342. The summed E-state index contributed by atoms with van der Waals surface area (Å²) >= 11 is 0. The minimum Gasteiger partial charge on any atom is -0.488 e. The van der Waals surface area contributed by atoms with Gasteiger partial charge in [0.15, 0.2) is 0 Å². The second-order valence-electron chi connectivity index (χ2n) is 6.35. The highest BCUT2D eigenvalue weighted by molar-refractivity contribution is 5.48. The molecule has 0 aliphatic heterocycles. The lowest BCUT2D eigenvalue weighted by Gasteiger charge is -2.28. The van der Waals surface area contributed by atoms with E-state index >= 15 is 0 Å². The topological polar surface area (TPSA) is 70.2 Å². The molecule has 3 atom stereocenters. The van der Waals surface area contributed by atoms with E-state index in [1.54, 1.807) is 0 Å². The first-order valence-electron chi connectivity index (χ1n) is 8.34. The first-order valence-corrected chi connectivity index (χ1v) is 8.34. The predicted molar refractivity (Wildman–Crippen MR) is 90.7 cm³/mol. The number of hydrogen-bond donors (Lipinski definition) is 3. The maximum atomic E-state index is 9.99. The van der Waals surface area contributed by atoms with Crippen molar-refractivity contribution in [3.63, 3.8) is 0 Å². The van der Waals surface area contributed by atoms with Crippen molar-refractivity contribution < 1.29 is 9.84 Å². The Kier molecular flexibility index (Phi) is 4.86. The summed E-state index contributed by atoms with van der Waals surface area (Å²) in [6.45, 7) is 4.13. The molecule has 0 amide bonds. The number of hydrogen-bond acceptors (Lipinski definition) is 4. The molecule has 0 saturated heterocycles. The lowest BCUT2D eigenvalue weighted by atomic mass is 9.95. The van der Waals surface area contributed by atoms with Gasteiger partial charge in [0.25, 0.3) is 0 Å². The van der Waals surface area contributed by atoms with Crippen LogP contribution in [0.3, 0.4) is 0 Å². The molecule has 124 valence electrons. The van der Waals surface area contributed by atoms with Gasteiger partial charge in [0.1, 0.15) is 11.9 Å². The molecule has 1 saturated carbocycles. The summed E-state index contributed by atoms with van der Waals surface area (Å²) in [6.07, 6.45) is 5.43. The van der Waals surface area contributed by atoms with Gasteiger partial charge in [-0.15, -0.1) is 0 Å². The van der Waals surface area contributed by atoms with Gasteiger partial charge in [0, 0.05) is 16.9 Å². The van der Waals surface area contributed by atoms with E-state index in [1.165, 1.54) is 0 Å². The molecule has 1 heterocycles. The molecule has 0 spiro atoms. The van der Waals surface area contributed by atoms with Gasteiger partial charge in [-0.2, -0.15) is 5.10 Å². The van der Waals surface area contributed by atoms with Crippen LogP contribution in [0.15, 0.2) is 30.5 Å². The number of nitrogens with zero attached hydrogens (tertiary/aromatic N) is 1. The molecule has 3 rings (SSSR count). The lowest BCUT2D eigenvalue weighted by Crippen LogP contribution is -2.34. The molecule has 1 aromatic heterocycles. The molecular formula is C18H25N3O2. The summed E-state index contributed by atoms with van der Waals surface area (Å²) in [4.78, 5) is 0. The zero-order valence-electron chi connectivity index (χ0n) is 13.7. The monoisotopic (exact) mass is 315 g/mol. The molecule has 5 heteroatoms. The number of aromatic nitrogens is 2. The van der Waals surface area contributed by atoms with E-state index < -0.39 is 0 Å². The first kappa shape index (κ1) is 15.9. The third kappa shape index (κ3) is 3.85. The van der Waals surface area contributed by atoms with Crippen molar-refractivity contribution in [3.8, 4) is 5.75 Å². The summed E-state index contributed by atoms with van der Waals surface area (Å²) in [6, 6.07) is 8.12. The molecule has 0 radical (unpaired) electrons. The summed E-state index contributed by atoms with van der Waals surface area (Å²) in [5, 5.41) is 20.5. The van der Waals surface area contributed by atoms with E-state index in [2.05, 4.69) is 22.4 Å². The number of rotatable bonds is 5. The van der Waals surface area contributed by atoms with E-state index in [0.717, 1.165) is 48.4 Å². The molecule has 5 nitrogen and oxygen atoms in total.